The Labute approximate surface area is 100 Å². The van der Waals surface area contributed by atoms with E-state index >= 15 is 0 Å². The van der Waals surface area contributed by atoms with Crippen LogP contribution in [0.3, 0.4) is 0 Å². The molecule has 2 heteroatoms. The van der Waals surface area contributed by atoms with Gasteiger partial charge >= 0.3 is 0 Å². The Bertz CT molecular complexity index is 213. The average molecular weight is 225 g/mol. The summed E-state index contributed by atoms with van der Waals surface area (Å²) in [5, 5.41) is 0. The van der Waals surface area contributed by atoms with Gasteiger partial charge in [0.1, 0.15) is 0 Å². The van der Waals surface area contributed by atoms with Gasteiger partial charge in [-0.1, -0.05) is 38.7 Å². The Kier molecular flexibility index (Phi) is 8.18. The van der Waals surface area contributed by atoms with Crippen LogP contribution in [-0.4, -0.2) is 11.3 Å². The van der Waals surface area contributed by atoms with E-state index in [2.05, 4.69) is 6.92 Å². The summed E-state index contributed by atoms with van der Waals surface area (Å²) in [7, 11) is 0. The van der Waals surface area contributed by atoms with Crippen LogP contribution in [0.2, 0.25) is 0 Å². The minimum Gasteiger partial charge on any atom is -0.325 e. The molecule has 0 bridgehead atoms. The third-order valence-corrected chi connectivity index (χ3v) is 2.41. The number of carbonyl (C=O) groups excluding carboxylic acids is 1. The van der Waals surface area contributed by atoms with E-state index in [-0.39, 0.29) is 11.3 Å². The molecule has 0 saturated carbocycles. The number of allylic oxidation sites excluding steroid dienone is 2. The van der Waals surface area contributed by atoms with E-state index < -0.39 is 0 Å². The van der Waals surface area contributed by atoms with E-state index in [9.17, 15) is 4.79 Å². The molecule has 0 aromatic rings. The standard InChI is InChI=1S/C14H27NO/c1-4-5-6-7-8-9-10-11-13(16)12-14(2,3)15/h10-11H,4-9,12,15H2,1-3H3. The Balaban J connectivity index is 3.49. The van der Waals surface area contributed by atoms with Crippen LogP contribution in [0.15, 0.2) is 12.2 Å². The van der Waals surface area contributed by atoms with E-state index in [4.69, 9.17) is 5.73 Å². The third kappa shape index (κ3) is 11.4. The summed E-state index contributed by atoms with van der Waals surface area (Å²) in [5.74, 6) is 0.140. The molecule has 0 aliphatic rings. The third-order valence-electron chi connectivity index (χ3n) is 2.41. The predicted molar refractivity (Wildman–Crippen MR) is 70.4 cm³/mol. The van der Waals surface area contributed by atoms with Crippen LogP contribution in [0.25, 0.3) is 0 Å². The summed E-state index contributed by atoms with van der Waals surface area (Å²) < 4.78 is 0. The van der Waals surface area contributed by atoms with Crippen LogP contribution in [0.4, 0.5) is 0 Å². The van der Waals surface area contributed by atoms with Gasteiger partial charge in [0, 0.05) is 12.0 Å². The zero-order valence-electron chi connectivity index (χ0n) is 11.1. The molecule has 0 aliphatic carbocycles. The number of rotatable bonds is 9. The molecule has 0 heterocycles. The van der Waals surface area contributed by atoms with Gasteiger partial charge in [0.25, 0.3) is 0 Å². The summed E-state index contributed by atoms with van der Waals surface area (Å²) in [5.41, 5.74) is 5.38. The summed E-state index contributed by atoms with van der Waals surface area (Å²) in [6.07, 6.45) is 11.5. The van der Waals surface area contributed by atoms with Crippen LogP contribution in [0, 0.1) is 0 Å². The molecule has 0 radical (unpaired) electrons. The number of carbonyl (C=O) groups is 1. The van der Waals surface area contributed by atoms with E-state index in [0.29, 0.717) is 6.42 Å². The molecule has 0 rings (SSSR count). The second-order valence-corrected chi connectivity index (χ2v) is 5.24. The quantitative estimate of drug-likeness (QED) is 0.481. The first kappa shape index (κ1) is 15.4. The summed E-state index contributed by atoms with van der Waals surface area (Å²) in [6.45, 7) is 5.97. The van der Waals surface area contributed by atoms with E-state index in [0.717, 1.165) is 6.42 Å². The van der Waals surface area contributed by atoms with Crippen molar-refractivity contribution < 1.29 is 4.79 Å². The Hall–Kier alpha value is -0.630. The molecule has 94 valence electrons. The van der Waals surface area contributed by atoms with Gasteiger partial charge in [-0.2, -0.15) is 0 Å². The Morgan fingerprint density at radius 3 is 2.38 bits per heavy atom. The molecular formula is C14H27NO. The molecule has 0 spiro atoms. The lowest BCUT2D eigenvalue weighted by Crippen LogP contribution is -2.34. The first-order valence-electron chi connectivity index (χ1n) is 6.44. The lowest BCUT2D eigenvalue weighted by Gasteiger charge is -2.15. The highest BCUT2D eigenvalue weighted by atomic mass is 16.1. The molecular weight excluding hydrogens is 198 g/mol. The monoisotopic (exact) mass is 225 g/mol. The maximum atomic E-state index is 11.4. The lowest BCUT2D eigenvalue weighted by atomic mass is 9.99. The first-order chi connectivity index (χ1) is 7.45. The fourth-order valence-electron chi connectivity index (χ4n) is 1.59. The van der Waals surface area contributed by atoms with Gasteiger partial charge in [-0.15, -0.1) is 0 Å². The largest absolute Gasteiger partial charge is 0.325 e. The smallest absolute Gasteiger partial charge is 0.157 e. The van der Waals surface area contributed by atoms with Crippen molar-refractivity contribution >= 4 is 5.78 Å². The molecule has 0 aromatic heterocycles. The number of hydrogen-bond acceptors (Lipinski definition) is 2. The van der Waals surface area contributed by atoms with E-state index in [1.165, 1.54) is 32.1 Å². The predicted octanol–water partition coefficient (Wildman–Crippen LogP) is 3.60. The summed E-state index contributed by atoms with van der Waals surface area (Å²) in [6, 6.07) is 0. The van der Waals surface area contributed by atoms with Crippen molar-refractivity contribution in [1.82, 2.24) is 0 Å². The SMILES string of the molecule is CCCCCCCC=CC(=O)CC(C)(C)N. The van der Waals surface area contributed by atoms with Crippen LogP contribution < -0.4 is 5.73 Å². The van der Waals surface area contributed by atoms with Crippen molar-refractivity contribution in [3.8, 4) is 0 Å². The molecule has 2 nitrogen and oxygen atoms in total. The molecule has 0 fully saturated rings. The maximum absolute atomic E-state index is 11.4. The van der Waals surface area contributed by atoms with Gasteiger partial charge in [0.2, 0.25) is 0 Å². The van der Waals surface area contributed by atoms with Crippen molar-refractivity contribution in [2.24, 2.45) is 5.73 Å². The number of ketones is 1. The Morgan fingerprint density at radius 1 is 1.19 bits per heavy atom. The van der Waals surface area contributed by atoms with Crippen LogP contribution >= 0.6 is 0 Å². The second kappa shape index (κ2) is 8.51. The molecule has 0 amide bonds. The molecule has 2 N–H and O–H groups in total. The van der Waals surface area contributed by atoms with Gasteiger partial charge in [-0.3, -0.25) is 4.79 Å². The van der Waals surface area contributed by atoms with Gasteiger partial charge in [-0.05, 0) is 32.8 Å². The van der Waals surface area contributed by atoms with Crippen molar-refractivity contribution in [3.63, 3.8) is 0 Å². The highest BCUT2D eigenvalue weighted by Crippen LogP contribution is 2.07. The van der Waals surface area contributed by atoms with Crippen molar-refractivity contribution in [2.45, 2.75) is 71.3 Å². The fraction of sp³-hybridized carbons (Fsp3) is 0.786. The highest BCUT2D eigenvalue weighted by molar-refractivity contribution is 5.90. The van der Waals surface area contributed by atoms with Crippen LogP contribution in [0.5, 0.6) is 0 Å². The lowest BCUT2D eigenvalue weighted by molar-refractivity contribution is -0.115. The summed E-state index contributed by atoms with van der Waals surface area (Å²) >= 11 is 0. The first-order valence-corrected chi connectivity index (χ1v) is 6.44. The molecule has 16 heavy (non-hydrogen) atoms. The molecule has 0 saturated heterocycles. The normalized spacial score (nSPS) is 12.2. The minimum absolute atomic E-state index is 0.140. The van der Waals surface area contributed by atoms with Gasteiger partial charge in [-0.25, -0.2) is 0 Å². The topological polar surface area (TPSA) is 43.1 Å². The van der Waals surface area contributed by atoms with Gasteiger partial charge in [0.15, 0.2) is 5.78 Å². The number of nitrogens with two attached hydrogens (primary N) is 1. The Morgan fingerprint density at radius 2 is 1.81 bits per heavy atom. The molecule has 0 unspecified atom stereocenters. The van der Waals surface area contributed by atoms with Crippen molar-refractivity contribution in [3.05, 3.63) is 12.2 Å². The fourth-order valence-corrected chi connectivity index (χ4v) is 1.59. The van der Waals surface area contributed by atoms with Crippen molar-refractivity contribution in [2.75, 3.05) is 0 Å². The number of unbranched alkanes of at least 4 members (excludes halogenated alkanes) is 5. The van der Waals surface area contributed by atoms with Crippen LogP contribution in [-0.2, 0) is 4.79 Å². The van der Waals surface area contributed by atoms with E-state index in [1.807, 2.05) is 19.9 Å². The molecule has 0 aromatic carbocycles. The number of hydrogen-bond donors (Lipinski definition) is 1. The van der Waals surface area contributed by atoms with Gasteiger partial charge in [0.05, 0.1) is 0 Å². The van der Waals surface area contributed by atoms with Gasteiger partial charge < -0.3 is 5.73 Å². The molecule has 0 aliphatic heterocycles. The maximum Gasteiger partial charge on any atom is 0.157 e. The summed E-state index contributed by atoms with van der Waals surface area (Å²) in [4.78, 5) is 11.4. The van der Waals surface area contributed by atoms with E-state index in [1.54, 1.807) is 6.08 Å². The highest BCUT2D eigenvalue weighted by Gasteiger charge is 2.13. The van der Waals surface area contributed by atoms with Crippen molar-refractivity contribution in [1.29, 1.82) is 0 Å². The molecule has 0 atom stereocenters. The zero-order valence-corrected chi connectivity index (χ0v) is 11.1. The average Bonchev–Trinajstić information content (AvgIpc) is 2.13. The van der Waals surface area contributed by atoms with Crippen LogP contribution in [0.1, 0.15) is 65.7 Å². The second-order valence-electron chi connectivity index (χ2n) is 5.24. The minimum atomic E-state index is -0.386. The zero-order chi connectivity index (χ0) is 12.4.